The lowest BCUT2D eigenvalue weighted by atomic mass is 9.81. The summed E-state index contributed by atoms with van der Waals surface area (Å²) in [4.78, 5) is 0. The van der Waals surface area contributed by atoms with Crippen LogP contribution in [0.2, 0.25) is 0 Å². The van der Waals surface area contributed by atoms with Crippen molar-refractivity contribution in [1.82, 2.24) is 0 Å². The van der Waals surface area contributed by atoms with Crippen molar-refractivity contribution in [3.8, 4) is 0 Å². The minimum atomic E-state index is -0.969. The van der Waals surface area contributed by atoms with E-state index >= 15 is 0 Å². The molecule has 1 saturated carbocycles. The van der Waals surface area contributed by atoms with Gasteiger partial charge in [-0.25, -0.2) is 4.39 Å². The van der Waals surface area contributed by atoms with Crippen LogP contribution in [0.25, 0.3) is 0 Å². The third kappa shape index (κ3) is 3.29. The van der Waals surface area contributed by atoms with Gasteiger partial charge in [0.25, 0.3) is 0 Å². The highest BCUT2D eigenvalue weighted by molar-refractivity contribution is 5.29. The molecule has 94 valence electrons. The fourth-order valence-electron chi connectivity index (χ4n) is 2.83. The molecule has 1 aromatic carbocycles. The monoisotopic (exact) mass is 235 g/mol. The van der Waals surface area contributed by atoms with Gasteiger partial charge < -0.3 is 5.73 Å². The van der Waals surface area contributed by atoms with Crippen molar-refractivity contribution >= 4 is 0 Å². The summed E-state index contributed by atoms with van der Waals surface area (Å²) in [6, 6.07) is 8.15. The Morgan fingerprint density at radius 2 is 1.71 bits per heavy atom. The third-order valence-corrected chi connectivity index (χ3v) is 3.79. The van der Waals surface area contributed by atoms with Crippen molar-refractivity contribution in [2.45, 2.75) is 50.6 Å². The minimum absolute atomic E-state index is 0.573. The van der Waals surface area contributed by atoms with E-state index in [0.29, 0.717) is 13.0 Å². The minimum Gasteiger partial charge on any atom is -0.330 e. The van der Waals surface area contributed by atoms with Crippen LogP contribution in [0, 0.1) is 0 Å². The fraction of sp³-hybridized carbons (Fsp3) is 0.600. The van der Waals surface area contributed by atoms with Crippen molar-refractivity contribution in [3.05, 3.63) is 35.4 Å². The first kappa shape index (κ1) is 12.6. The molecule has 0 amide bonds. The molecule has 1 fully saturated rings. The number of hydrogen-bond acceptors (Lipinski definition) is 1. The lowest BCUT2D eigenvalue weighted by molar-refractivity contribution is 0.107. The number of hydrogen-bond donors (Lipinski definition) is 1. The van der Waals surface area contributed by atoms with Crippen molar-refractivity contribution in [2.24, 2.45) is 5.73 Å². The maximum Gasteiger partial charge on any atom is 0.115 e. The van der Waals surface area contributed by atoms with Crippen LogP contribution in [0.4, 0.5) is 4.39 Å². The summed E-state index contributed by atoms with van der Waals surface area (Å²) in [6.45, 7) is 0.635. The van der Waals surface area contributed by atoms with Gasteiger partial charge in [-0.2, -0.15) is 0 Å². The summed E-state index contributed by atoms with van der Waals surface area (Å²) in [5, 5.41) is 0. The predicted molar refractivity (Wildman–Crippen MR) is 69.8 cm³/mol. The molecule has 1 nitrogen and oxygen atoms in total. The smallest absolute Gasteiger partial charge is 0.115 e. The van der Waals surface area contributed by atoms with Gasteiger partial charge >= 0.3 is 0 Å². The maximum absolute atomic E-state index is 14.6. The zero-order valence-electron chi connectivity index (χ0n) is 10.4. The molecule has 0 saturated heterocycles. The van der Waals surface area contributed by atoms with Gasteiger partial charge in [0.2, 0.25) is 0 Å². The fourth-order valence-corrected chi connectivity index (χ4v) is 2.83. The number of nitrogens with two attached hydrogens (primary N) is 1. The van der Waals surface area contributed by atoms with Gasteiger partial charge in [0.1, 0.15) is 5.67 Å². The molecule has 0 bridgehead atoms. The molecule has 0 radical (unpaired) electrons. The van der Waals surface area contributed by atoms with E-state index in [0.717, 1.165) is 37.7 Å². The summed E-state index contributed by atoms with van der Waals surface area (Å²) < 4.78 is 14.6. The zero-order chi connectivity index (χ0) is 12.1. The summed E-state index contributed by atoms with van der Waals surface area (Å²) in [5.41, 5.74) is 7.01. The number of benzene rings is 1. The first-order valence-electron chi connectivity index (χ1n) is 6.69. The molecule has 0 atom stereocenters. The average Bonchev–Trinajstić information content (AvgIpc) is 2.32. The van der Waals surface area contributed by atoms with Crippen molar-refractivity contribution in [2.75, 3.05) is 6.54 Å². The van der Waals surface area contributed by atoms with E-state index in [1.165, 1.54) is 12.0 Å². The van der Waals surface area contributed by atoms with Crippen LogP contribution in [-0.2, 0) is 12.8 Å². The second kappa shape index (κ2) is 5.63. The largest absolute Gasteiger partial charge is 0.330 e. The molecule has 1 aliphatic carbocycles. The van der Waals surface area contributed by atoms with Crippen molar-refractivity contribution in [3.63, 3.8) is 0 Å². The van der Waals surface area contributed by atoms with E-state index in [-0.39, 0.29) is 0 Å². The van der Waals surface area contributed by atoms with Crippen molar-refractivity contribution in [1.29, 1.82) is 0 Å². The van der Waals surface area contributed by atoms with Crippen LogP contribution < -0.4 is 5.73 Å². The molecule has 1 aromatic rings. The average molecular weight is 235 g/mol. The van der Waals surface area contributed by atoms with E-state index in [4.69, 9.17) is 5.73 Å². The summed E-state index contributed by atoms with van der Waals surface area (Å²) >= 11 is 0. The van der Waals surface area contributed by atoms with Gasteiger partial charge in [-0.3, -0.25) is 0 Å². The highest BCUT2D eigenvalue weighted by Gasteiger charge is 2.32. The van der Waals surface area contributed by atoms with Gasteiger partial charge in [-0.15, -0.1) is 0 Å². The van der Waals surface area contributed by atoms with E-state index in [2.05, 4.69) is 12.1 Å². The van der Waals surface area contributed by atoms with Crippen LogP contribution >= 0.6 is 0 Å². The van der Waals surface area contributed by atoms with Gasteiger partial charge in [-0.1, -0.05) is 43.5 Å². The number of halogens is 1. The van der Waals surface area contributed by atoms with E-state index < -0.39 is 5.67 Å². The van der Waals surface area contributed by atoms with Crippen LogP contribution in [0.15, 0.2) is 24.3 Å². The summed E-state index contributed by atoms with van der Waals surface area (Å²) in [5.74, 6) is 0. The van der Waals surface area contributed by atoms with Crippen LogP contribution in [0.3, 0.4) is 0 Å². The lowest BCUT2D eigenvalue weighted by Gasteiger charge is -2.30. The normalized spacial score (nSPS) is 19.2. The predicted octanol–water partition coefficient (Wildman–Crippen LogP) is 3.40. The van der Waals surface area contributed by atoms with Crippen molar-refractivity contribution < 1.29 is 4.39 Å². The highest BCUT2D eigenvalue weighted by atomic mass is 19.1. The SMILES string of the molecule is NCCc1ccccc1CC1(F)CCCCC1. The molecule has 17 heavy (non-hydrogen) atoms. The Labute approximate surface area is 103 Å². The Bertz CT molecular complexity index is 356. The zero-order valence-corrected chi connectivity index (χ0v) is 10.4. The molecule has 0 unspecified atom stereocenters. The Morgan fingerprint density at radius 3 is 2.35 bits per heavy atom. The standard InChI is InChI=1S/C15H22FN/c16-15(9-4-1-5-10-15)12-14-7-3-2-6-13(14)8-11-17/h2-3,6-7H,1,4-5,8-12,17H2. The Hall–Kier alpha value is -0.890. The third-order valence-electron chi connectivity index (χ3n) is 3.79. The quantitative estimate of drug-likeness (QED) is 0.850. The summed E-state index contributed by atoms with van der Waals surface area (Å²) in [7, 11) is 0. The first-order valence-corrected chi connectivity index (χ1v) is 6.69. The molecule has 0 spiro atoms. The molecular weight excluding hydrogens is 213 g/mol. The van der Waals surface area contributed by atoms with Gasteiger partial charge in [0.15, 0.2) is 0 Å². The highest BCUT2D eigenvalue weighted by Crippen LogP contribution is 2.35. The maximum atomic E-state index is 14.6. The molecule has 2 heteroatoms. The van der Waals surface area contributed by atoms with Gasteiger partial charge in [-0.05, 0) is 36.9 Å². The van der Waals surface area contributed by atoms with Crippen LogP contribution in [-0.4, -0.2) is 12.2 Å². The second-order valence-corrected chi connectivity index (χ2v) is 5.20. The van der Waals surface area contributed by atoms with Gasteiger partial charge in [0.05, 0.1) is 0 Å². The Kier molecular flexibility index (Phi) is 4.16. The topological polar surface area (TPSA) is 26.0 Å². The number of alkyl halides is 1. The van der Waals surface area contributed by atoms with E-state index in [1.807, 2.05) is 12.1 Å². The molecule has 0 aliphatic heterocycles. The molecule has 1 aliphatic rings. The lowest BCUT2D eigenvalue weighted by Crippen LogP contribution is -2.29. The molecule has 0 aromatic heterocycles. The summed E-state index contributed by atoms with van der Waals surface area (Å²) in [6.07, 6.45) is 6.14. The Morgan fingerprint density at radius 1 is 1.06 bits per heavy atom. The second-order valence-electron chi connectivity index (χ2n) is 5.20. The first-order chi connectivity index (χ1) is 8.23. The van der Waals surface area contributed by atoms with Crippen LogP contribution in [0.5, 0.6) is 0 Å². The molecular formula is C15H22FN. The molecule has 0 heterocycles. The van der Waals surface area contributed by atoms with E-state index in [9.17, 15) is 4.39 Å². The van der Waals surface area contributed by atoms with Gasteiger partial charge in [0, 0.05) is 6.42 Å². The number of rotatable bonds is 4. The Balaban J connectivity index is 2.11. The van der Waals surface area contributed by atoms with E-state index in [1.54, 1.807) is 0 Å². The molecule has 2 N–H and O–H groups in total. The van der Waals surface area contributed by atoms with Crippen LogP contribution in [0.1, 0.15) is 43.2 Å². The molecule has 2 rings (SSSR count).